The molecule has 0 bridgehead atoms. The number of alkyl halides is 3. The highest BCUT2D eigenvalue weighted by molar-refractivity contribution is 6.09. The van der Waals surface area contributed by atoms with Crippen LogP contribution in [0.3, 0.4) is 0 Å². The van der Waals surface area contributed by atoms with Gasteiger partial charge in [0.15, 0.2) is 0 Å². The summed E-state index contributed by atoms with van der Waals surface area (Å²) in [5, 5.41) is 4.34. The van der Waals surface area contributed by atoms with Crippen molar-refractivity contribution in [3.8, 4) is 0 Å². The van der Waals surface area contributed by atoms with Crippen molar-refractivity contribution in [2.45, 2.75) is 51.7 Å². The first-order valence-corrected chi connectivity index (χ1v) is 7.81. The van der Waals surface area contributed by atoms with Crippen molar-refractivity contribution in [2.75, 3.05) is 13.1 Å². The topological polar surface area (TPSA) is 78.5 Å². The number of hydrogen-bond acceptors (Lipinski definition) is 3. The van der Waals surface area contributed by atoms with Crippen LogP contribution in [0.15, 0.2) is 0 Å². The first-order chi connectivity index (χ1) is 10.8. The summed E-state index contributed by atoms with van der Waals surface area (Å²) in [4.78, 5) is 37.1. The van der Waals surface area contributed by atoms with Gasteiger partial charge in [-0.1, -0.05) is 20.8 Å². The Morgan fingerprint density at radius 2 is 1.96 bits per heavy atom. The quantitative estimate of drug-likeness (QED) is 0.763. The van der Waals surface area contributed by atoms with Crippen molar-refractivity contribution < 1.29 is 27.6 Å². The Bertz CT molecular complexity index is 562. The highest BCUT2D eigenvalue weighted by atomic mass is 19.4. The molecule has 2 fully saturated rings. The minimum atomic E-state index is -4.54. The molecule has 1 aliphatic heterocycles. The number of carbonyl (C=O) groups excluding carboxylic acids is 3. The van der Waals surface area contributed by atoms with Gasteiger partial charge < -0.3 is 10.6 Å². The minimum absolute atomic E-state index is 0.158. The lowest BCUT2D eigenvalue weighted by Crippen LogP contribution is -2.54. The molecule has 136 valence electrons. The van der Waals surface area contributed by atoms with E-state index in [0.29, 0.717) is 17.7 Å². The van der Waals surface area contributed by atoms with Gasteiger partial charge in [0.2, 0.25) is 5.91 Å². The van der Waals surface area contributed by atoms with Crippen molar-refractivity contribution in [3.63, 3.8) is 0 Å². The van der Waals surface area contributed by atoms with Gasteiger partial charge >= 0.3 is 12.2 Å². The maximum Gasteiger partial charge on any atom is 0.405 e. The number of nitrogens with zero attached hydrogens (tertiary/aromatic N) is 1. The number of nitrogens with one attached hydrogen (secondary N) is 2. The number of amides is 4. The van der Waals surface area contributed by atoms with Gasteiger partial charge in [-0.2, -0.15) is 13.2 Å². The van der Waals surface area contributed by atoms with Crippen molar-refractivity contribution in [2.24, 2.45) is 11.3 Å². The Morgan fingerprint density at radius 3 is 2.50 bits per heavy atom. The monoisotopic (exact) mass is 349 g/mol. The van der Waals surface area contributed by atoms with Gasteiger partial charge in [0, 0.05) is 0 Å². The molecule has 9 heteroatoms. The molecule has 4 amide bonds. The number of imide groups is 1. The number of carbonyl (C=O) groups is 3. The van der Waals surface area contributed by atoms with Gasteiger partial charge in [0.25, 0.3) is 5.91 Å². The third-order valence-electron chi connectivity index (χ3n) is 4.41. The van der Waals surface area contributed by atoms with Crippen LogP contribution in [0, 0.1) is 11.3 Å². The van der Waals surface area contributed by atoms with E-state index in [1.807, 2.05) is 20.8 Å². The Hall–Kier alpha value is -1.80. The summed E-state index contributed by atoms with van der Waals surface area (Å²) in [5.41, 5.74) is -1.22. The summed E-state index contributed by atoms with van der Waals surface area (Å²) >= 11 is 0. The molecule has 0 aromatic carbocycles. The smallest absolute Gasteiger partial charge is 0.345 e. The van der Waals surface area contributed by atoms with E-state index < -0.39 is 42.7 Å². The molecule has 2 unspecified atom stereocenters. The summed E-state index contributed by atoms with van der Waals surface area (Å²) in [6, 6.07) is -0.730. The molecule has 2 rings (SSSR count). The van der Waals surface area contributed by atoms with E-state index in [-0.39, 0.29) is 11.3 Å². The molecule has 2 aliphatic rings. The van der Waals surface area contributed by atoms with Gasteiger partial charge in [-0.25, -0.2) is 4.79 Å². The van der Waals surface area contributed by atoms with Crippen LogP contribution in [0.4, 0.5) is 18.0 Å². The van der Waals surface area contributed by atoms with Crippen LogP contribution >= 0.6 is 0 Å². The van der Waals surface area contributed by atoms with Crippen molar-refractivity contribution in [1.82, 2.24) is 15.5 Å². The Kier molecular flexibility index (Phi) is 4.58. The zero-order chi connectivity index (χ0) is 18.3. The van der Waals surface area contributed by atoms with E-state index in [4.69, 9.17) is 0 Å². The molecule has 1 heterocycles. The van der Waals surface area contributed by atoms with Gasteiger partial charge in [-0.15, -0.1) is 0 Å². The molecule has 1 saturated heterocycles. The van der Waals surface area contributed by atoms with E-state index in [1.165, 1.54) is 0 Å². The maximum absolute atomic E-state index is 12.7. The van der Waals surface area contributed by atoms with E-state index in [1.54, 1.807) is 5.32 Å². The summed E-state index contributed by atoms with van der Waals surface area (Å²) in [6.45, 7) is 3.79. The number of halogens is 3. The molecular weight excluding hydrogens is 327 g/mol. The normalized spacial score (nSPS) is 29.8. The number of hydrogen-bond donors (Lipinski definition) is 2. The van der Waals surface area contributed by atoms with Gasteiger partial charge in [-0.05, 0) is 30.6 Å². The molecule has 0 radical (unpaired) electrons. The molecule has 0 aromatic heterocycles. The zero-order valence-corrected chi connectivity index (χ0v) is 13.9. The summed E-state index contributed by atoms with van der Waals surface area (Å²) in [5.74, 6) is -1.35. The fourth-order valence-electron chi connectivity index (χ4n) is 4.05. The zero-order valence-electron chi connectivity index (χ0n) is 13.9. The predicted molar refractivity (Wildman–Crippen MR) is 78.8 cm³/mol. The lowest BCUT2D eigenvalue weighted by molar-refractivity contribution is -0.142. The fourth-order valence-corrected chi connectivity index (χ4v) is 4.05. The molecule has 1 aliphatic carbocycles. The first-order valence-electron chi connectivity index (χ1n) is 7.81. The molecule has 6 nitrogen and oxygen atoms in total. The number of urea groups is 1. The lowest BCUT2D eigenvalue weighted by Gasteiger charge is -2.43. The Labute approximate surface area is 138 Å². The summed E-state index contributed by atoms with van der Waals surface area (Å²) < 4.78 is 36.4. The maximum atomic E-state index is 12.7. The summed E-state index contributed by atoms with van der Waals surface area (Å²) in [6.07, 6.45) is -2.74. The third kappa shape index (κ3) is 3.99. The molecule has 24 heavy (non-hydrogen) atoms. The van der Waals surface area contributed by atoms with E-state index in [2.05, 4.69) is 5.32 Å². The molecule has 0 aromatic rings. The van der Waals surface area contributed by atoms with Crippen LogP contribution in [0.2, 0.25) is 0 Å². The van der Waals surface area contributed by atoms with E-state index >= 15 is 0 Å². The SMILES string of the molecule is CC1CC(C)(C)CC2(C1)NC(=O)N(CC(=O)NCC(F)(F)F)C2=O. The molecule has 1 spiro atoms. The average molecular weight is 349 g/mol. The second-order valence-corrected chi connectivity index (χ2v) is 7.65. The lowest BCUT2D eigenvalue weighted by atomic mass is 9.64. The largest absolute Gasteiger partial charge is 0.405 e. The average Bonchev–Trinajstić information content (AvgIpc) is 2.57. The van der Waals surface area contributed by atoms with E-state index in [0.717, 1.165) is 6.42 Å². The molecule has 1 saturated carbocycles. The second kappa shape index (κ2) is 5.93. The molecule has 2 atom stereocenters. The number of rotatable bonds is 3. The van der Waals surface area contributed by atoms with Crippen LogP contribution < -0.4 is 10.6 Å². The van der Waals surface area contributed by atoms with Gasteiger partial charge in [0.1, 0.15) is 18.6 Å². The highest BCUT2D eigenvalue weighted by Crippen LogP contribution is 2.46. The predicted octanol–water partition coefficient (Wildman–Crippen LogP) is 1.80. The van der Waals surface area contributed by atoms with Crippen LogP contribution in [-0.2, 0) is 9.59 Å². The van der Waals surface area contributed by atoms with Crippen LogP contribution in [0.25, 0.3) is 0 Å². The Balaban J connectivity index is 2.07. The van der Waals surface area contributed by atoms with Crippen molar-refractivity contribution in [1.29, 1.82) is 0 Å². The van der Waals surface area contributed by atoms with Crippen LogP contribution in [0.1, 0.15) is 40.0 Å². The molecule has 2 N–H and O–H groups in total. The van der Waals surface area contributed by atoms with Crippen LogP contribution in [0.5, 0.6) is 0 Å². The van der Waals surface area contributed by atoms with Crippen LogP contribution in [-0.4, -0.2) is 47.6 Å². The van der Waals surface area contributed by atoms with Crippen molar-refractivity contribution in [3.05, 3.63) is 0 Å². The standard InChI is InChI=1S/C15H22F3N3O3/c1-9-4-13(2,3)7-14(5-9)11(23)21(12(24)20-14)6-10(22)19-8-15(16,17)18/h9H,4-8H2,1-3H3,(H,19,22)(H,20,24). The third-order valence-corrected chi connectivity index (χ3v) is 4.41. The highest BCUT2D eigenvalue weighted by Gasteiger charge is 2.56. The fraction of sp³-hybridized carbons (Fsp3) is 0.800. The van der Waals surface area contributed by atoms with Gasteiger partial charge in [-0.3, -0.25) is 14.5 Å². The molecular formula is C15H22F3N3O3. The summed E-state index contributed by atoms with van der Waals surface area (Å²) in [7, 11) is 0. The Morgan fingerprint density at radius 1 is 1.33 bits per heavy atom. The second-order valence-electron chi connectivity index (χ2n) is 7.65. The van der Waals surface area contributed by atoms with Crippen molar-refractivity contribution >= 4 is 17.8 Å². The van der Waals surface area contributed by atoms with E-state index in [9.17, 15) is 27.6 Å². The first kappa shape index (κ1) is 18.5. The van der Waals surface area contributed by atoms with Gasteiger partial charge in [0.05, 0.1) is 0 Å². The minimum Gasteiger partial charge on any atom is -0.345 e.